The number of piperidine rings is 1. The van der Waals surface area contributed by atoms with Gasteiger partial charge < -0.3 is 5.32 Å². The van der Waals surface area contributed by atoms with Crippen LogP contribution in [0.2, 0.25) is 0 Å². The predicted octanol–water partition coefficient (Wildman–Crippen LogP) is 3.24. The Bertz CT molecular complexity index is 625. The quantitative estimate of drug-likeness (QED) is 0.940. The summed E-state index contributed by atoms with van der Waals surface area (Å²) in [7, 11) is 0. The molecule has 0 unspecified atom stereocenters. The molecule has 0 amide bonds. The van der Waals surface area contributed by atoms with Gasteiger partial charge in [-0.3, -0.25) is 4.68 Å². The summed E-state index contributed by atoms with van der Waals surface area (Å²) in [5.41, 5.74) is 2.74. The molecule has 1 aromatic carbocycles. The van der Waals surface area contributed by atoms with Crippen molar-refractivity contribution in [1.29, 1.82) is 0 Å². The lowest BCUT2D eigenvalue weighted by Gasteiger charge is -2.23. The molecule has 0 aliphatic carbocycles. The molecule has 0 bridgehead atoms. The second-order valence-electron chi connectivity index (χ2n) is 5.86. The summed E-state index contributed by atoms with van der Waals surface area (Å²) < 4.78 is 28.6. The van der Waals surface area contributed by atoms with E-state index in [0.29, 0.717) is 17.9 Å². The number of halogens is 2. The standard InChI is InChI=1S/C17H21F2N3/c1-2-22-17(13-3-5-20-6-4-13)11-16(21-22)9-12-7-14(18)10-15(19)8-12/h7-8,10-11,13,20H,2-6,9H2,1H3. The molecule has 5 heteroatoms. The monoisotopic (exact) mass is 305 g/mol. The van der Waals surface area contributed by atoms with Crippen LogP contribution in [0.3, 0.4) is 0 Å². The first-order valence-electron chi connectivity index (χ1n) is 7.88. The number of nitrogens with zero attached hydrogens (tertiary/aromatic N) is 2. The van der Waals surface area contributed by atoms with Gasteiger partial charge in [0.2, 0.25) is 0 Å². The minimum atomic E-state index is -0.538. The van der Waals surface area contributed by atoms with E-state index in [1.54, 1.807) is 0 Å². The summed E-state index contributed by atoms with van der Waals surface area (Å²) in [5.74, 6) is -0.557. The van der Waals surface area contributed by atoms with Gasteiger partial charge in [-0.25, -0.2) is 8.78 Å². The van der Waals surface area contributed by atoms with Crippen LogP contribution in [0.4, 0.5) is 8.78 Å². The summed E-state index contributed by atoms with van der Waals surface area (Å²) >= 11 is 0. The molecule has 0 saturated carbocycles. The maximum Gasteiger partial charge on any atom is 0.126 e. The molecule has 1 aliphatic rings. The Labute approximate surface area is 129 Å². The van der Waals surface area contributed by atoms with E-state index in [0.717, 1.165) is 44.2 Å². The molecule has 0 atom stereocenters. The van der Waals surface area contributed by atoms with Crippen molar-refractivity contribution >= 4 is 0 Å². The van der Waals surface area contributed by atoms with E-state index in [1.165, 1.54) is 17.8 Å². The van der Waals surface area contributed by atoms with Crippen LogP contribution in [-0.2, 0) is 13.0 Å². The fraction of sp³-hybridized carbons (Fsp3) is 0.471. The van der Waals surface area contributed by atoms with E-state index in [9.17, 15) is 8.78 Å². The molecule has 0 spiro atoms. The van der Waals surface area contributed by atoms with Crippen molar-refractivity contribution in [2.24, 2.45) is 0 Å². The fourth-order valence-corrected chi connectivity index (χ4v) is 3.19. The van der Waals surface area contributed by atoms with E-state index in [-0.39, 0.29) is 0 Å². The number of rotatable bonds is 4. The Balaban J connectivity index is 1.83. The first-order chi connectivity index (χ1) is 10.7. The van der Waals surface area contributed by atoms with Crippen molar-refractivity contribution in [3.8, 4) is 0 Å². The van der Waals surface area contributed by atoms with Gasteiger partial charge in [0.1, 0.15) is 11.6 Å². The number of hydrogen-bond donors (Lipinski definition) is 1. The average molecular weight is 305 g/mol. The predicted molar refractivity (Wildman–Crippen MR) is 81.9 cm³/mol. The van der Waals surface area contributed by atoms with Crippen LogP contribution in [0.1, 0.15) is 42.6 Å². The zero-order valence-electron chi connectivity index (χ0n) is 12.8. The van der Waals surface area contributed by atoms with Gasteiger partial charge in [0.15, 0.2) is 0 Å². The zero-order valence-corrected chi connectivity index (χ0v) is 12.8. The maximum absolute atomic E-state index is 13.3. The Hall–Kier alpha value is -1.75. The van der Waals surface area contributed by atoms with Crippen molar-refractivity contribution in [3.05, 3.63) is 52.9 Å². The van der Waals surface area contributed by atoms with Gasteiger partial charge in [-0.1, -0.05) is 0 Å². The third kappa shape index (κ3) is 3.35. The van der Waals surface area contributed by atoms with E-state index < -0.39 is 11.6 Å². The number of nitrogens with one attached hydrogen (secondary N) is 1. The van der Waals surface area contributed by atoms with E-state index in [2.05, 4.69) is 23.4 Å². The molecule has 2 aromatic rings. The molecule has 2 heterocycles. The molecule has 118 valence electrons. The van der Waals surface area contributed by atoms with Gasteiger partial charge in [0, 0.05) is 30.6 Å². The summed E-state index contributed by atoms with van der Waals surface area (Å²) in [5, 5.41) is 7.98. The molecule has 1 saturated heterocycles. The third-order valence-electron chi connectivity index (χ3n) is 4.23. The lowest BCUT2D eigenvalue weighted by molar-refractivity contribution is 0.432. The smallest absolute Gasteiger partial charge is 0.126 e. The topological polar surface area (TPSA) is 29.9 Å². The SMILES string of the molecule is CCn1nc(Cc2cc(F)cc(F)c2)cc1C1CCNCC1. The van der Waals surface area contributed by atoms with E-state index >= 15 is 0 Å². The van der Waals surface area contributed by atoms with Gasteiger partial charge in [-0.2, -0.15) is 5.10 Å². The zero-order chi connectivity index (χ0) is 15.5. The van der Waals surface area contributed by atoms with Gasteiger partial charge in [-0.15, -0.1) is 0 Å². The summed E-state index contributed by atoms with van der Waals surface area (Å²) in [4.78, 5) is 0. The molecular formula is C17H21F2N3. The Kier molecular flexibility index (Phi) is 4.52. The van der Waals surface area contributed by atoms with Crippen molar-refractivity contribution < 1.29 is 8.78 Å². The molecule has 1 aliphatic heterocycles. The van der Waals surface area contributed by atoms with Crippen molar-refractivity contribution in [1.82, 2.24) is 15.1 Å². The first-order valence-corrected chi connectivity index (χ1v) is 7.88. The highest BCUT2D eigenvalue weighted by Crippen LogP contribution is 2.26. The van der Waals surface area contributed by atoms with Gasteiger partial charge in [0.05, 0.1) is 5.69 Å². The minimum absolute atomic E-state index is 0.458. The highest BCUT2D eigenvalue weighted by molar-refractivity contribution is 5.25. The van der Waals surface area contributed by atoms with Crippen molar-refractivity contribution in [3.63, 3.8) is 0 Å². The average Bonchev–Trinajstić information content (AvgIpc) is 2.90. The number of aromatic nitrogens is 2. The molecular weight excluding hydrogens is 284 g/mol. The molecule has 3 rings (SSSR count). The van der Waals surface area contributed by atoms with Gasteiger partial charge in [0.25, 0.3) is 0 Å². The molecule has 22 heavy (non-hydrogen) atoms. The molecule has 1 fully saturated rings. The summed E-state index contributed by atoms with van der Waals surface area (Å²) in [6.07, 6.45) is 2.68. The molecule has 3 nitrogen and oxygen atoms in total. The van der Waals surface area contributed by atoms with Crippen LogP contribution >= 0.6 is 0 Å². The Morgan fingerprint density at radius 1 is 1.14 bits per heavy atom. The highest BCUT2D eigenvalue weighted by Gasteiger charge is 2.20. The Morgan fingerprint density at radius 2 is 1.82 bits per heavy atom. The fourth-order valence-electron chi connectivity index (χ4n) is 3.19. The summed E-state index contributed by atoms with van der Waals surface area (Å²) in [6, 6.07) is 5.74. The minimum Gasteiger partial charge on any atom is -0.317 e. The number of aryl methyl sites for hydroxylation is 1. The van der Waals surface area contributed by atoms with Crippen molar-refractivity contribution in [2.75, 3.05) is 13.1 Å². The van der Waals surface area contributed by atoms with Crippen molar-refractivity contribution in [2.45, 2.75) is 38.6 Å². The molecule has 1 aromatic heterocycles. The van der Waals surface area contributed by atoms with Gasteiger partial charge in [-0.05, 0) is 56.6 Å². The van der Waals surface area contributed by atoms with Crippen LogP contribution in [0.15, 0.2) is 24.3 Å². The largest absolute Gasteiger partial charge is 0.317 e. The lowest BCUT2D eigenvalue weighted by atomic mass is 9.94. The van der Waals surface area contributed by atoms with E-state index in [4.69, 9.17) is 0 Å². The maximum atomic E-state index is 13.3. The second-order valence-corrected chi connectivity index (χ2v) is 5.86. The number of hydrogen-bond acceptors (Lipinski definition) is 2. The summed E-state index contributed by atoms with van der Waals surface area (Å²) in [6.45, 7) is 4.95. The van der Waals surface area contributed by atoms with E-state index in [1.807, 2.05) is 4.68 Å². The van der Waals surface area contributed by atoms with Crippen LogP contribution in [-0.4, -0.2) is 22.9 Å². The van der Waals surface area contributed by atoms with Crippen LogP contribution in [0, 0.1) is 11.6 Å². The lowest BCUT2D eigenvalue weighted by Crippen LogP contribution is -2.27. The number of benzene rings is 1. The second kappa shape index (κ2) is 6.57. The van der Waals surface area contributed by atoms with Crippen LogP contribution in [0.5, 0.6) is 0 Å². The van der Waals surface area contributed by atoms with Crippen LogP contribution in [0.25, 0.3) is 0 Å². The Morgan fingerprint density at radius 3 is 2.45 bits per heavy atom. The van der Waals surface area contributed by atoms with Crippen LogP contribution < -0.4 is 5.32 Å². The highest BCUT2D eigenvalue weighted by atomic mass is 19.1. The normalized spacial score (nSPS) is 16.1. The third-order valence-corrected chi connectivity index (χ3v) is 4.23. The molecule has 1 N–H and O–H groups in total. The van der Waals surface area contributed by atoms with Gasteiger partial charge >= 0.3 is 0 Å². The first kappa shape index (κ1) is 15.2. The molecule has 0 radical (unpaired) electrons.